The van der Waals surface area contributed by atoms with Gasteiger partial charge in [0.1, 0.15) is 0 Å². The smallest absolute Gasteiger partial charge is 0.240 e. The standard InChI is InChI=1S/C17H19N5OS/c1-10-19-16-13(7-4-8-14(16)24-10)18-9-15(23)22-17-20-11-5-2-3-6-12(11)21-17/h2-3,5-6,13,18H,4,7-9H2,1H3,(H2,20,21,22,23). The van der Waals surface area contributed by atoms with Crippen molar-refractivity contribution in [1.82, 2.24) is 20.3 Å². The number of aromatic nitrogens is 3. The summed E-state index contributed by atoms with van der Waals surface area (Å²) >= 11 is 1.77. The van der Waals surface area contributed by atoms with Crippen LogP contribution >= 0.6 is 11.3 Å². The molecule has 0 spiro atoms. The Morgan fingerprint density at radius 3 is 3.12 bits per heavy atom. The highest BCUT2D eigenvalue weighted by Crippen LogP contribution is 2.32. The topological polar surface area (TPSA) is 82.7 Å². The summed E-state index contributed by atoms with van der Waals surface area (Å²) in [6.07, 6.45) is 3.26. The number of aromatic amines is 1. The molecular formula is C17H19N5OS. The van der Waals surface area contributed by atoms with Crippen LogP contribution in [0.5, 0.6) is 0 Å². The van der Waals surface area contributed by atoms with E-state index in [0.717, 1.165) is 41.0 Å². The summed E-state index contributed by atoms with van der Waals surface area (Å²) < 4.78 is 0. The Kier molecular flexibility index (Phi) is 4.03. The Labute approximate surface area is 143 Å². The predicted molar refractivity (Wildman–Crippen MR) is 95.3 cm³/mol. The van der Waals surface area contributed by atoms with Crippen molar-refractivity contribution in [3.63, 3.8) is 0 Å². The largest absolute Gasteiger partial charge is 0.324 e. The fourth-order valence-electron chi connectivity index (χ4n) is 3.14. The second-order valence-corrected chi connectivity index (χ2v) is 7.31. The van der Waals surface area contributed by atoms with Gasteiger partial charge in [-0.1, -0.05) is 12.1 Å². The number of rotatable bonds is 4. The molecule has 0 saturated carbocycles. The van der Waals surface area contributed by atoms with Gasteiger partial charge in [0.2, 0.25) is 11.9 Å². The van der Waals surface area contributed by atoms with Crippen molar-refractivity contribution < 1.29 is 4.79 Å². The van der Waals surface area contributed by atoms with E-state index in [4.69, 9.17) is 0 Å². The number of thiazole rings is 1. The second-order valence-electron chi connectivity index (χ2n) is 6.02. The summed E-state index contributed by atoms with van der Waals surface area (Å²) in [6, 6.07) is 7.87. The first-order valence-corrected chi connectivity index (χ1v) is 8.95. The molecule has 0 saturated heterocycles. The number of anilines is 1. The molecule has 3 N–H and O–H groups in total. The number of hydrogen-bond donors (Lipinski definition) is 3. The number of imidazole rings is 1. The summed E-state index contributed by atoms with van der Waals surface area (Å²) in [6.45, 7) is 2.28. The molecule has 0 aliphatic heterocycles. The van der Waals surface area contributed by atoms with Crippen molar-refractivity contribution in [2.75, 3.05) is 11.9 Å². The van der Waals surface area contributed by atoms with Gasteiger partial charge in [-0.2, -0.15) is 0 Å². The van der Waals surface area contributed by atoms with Crippen molar-refractivity contribution in [3.05, 3.63) is 39.8 Å². The minimum Gasteiger partial charge on any atom is -0.324 e. The molecule has 0 radical (unpaired) electrons. The predicted octanol–water partition coefficient (Wildman–Crippen LogP) is 2.93. The molecule has 2 aromatic heterocycles. The Hall–Kier alpha value is -2.25. The number of carbonyl (C=O) groups excluding carboxylic acids is 1. The van der Waals surface area contributed by atoms with Crippen LogP contribution in [0.1, 0.15) is 34.5 Å². The third kappa shape index (κ3) is 3.05. The number of carbonyl (C=O) groups is 1. The molecule has 4 rings (SSSR count). The van der Waals surface area contributed by atoms with Crippen LogP contribution in [-0.4, -0.2) is 27.4 Å². The molecule has 2 heterocycles. The van der Waals surface area contributed by atoms with E-state index in [2.05, 4.69) is 25.6 Å². The van der Waals surface area contributed by atoms with Crippen LogP contribution in [0.4, 0.5) is 5.95 Å². The lowest BCUT2D eigenvalue weighted by molar-refractivity contribution is -0.115. The van der Waals surface area contributed by atoms with Gasteiger partial charge in [-0.15, -0.1) is 11.3 Å². The molecule has 1 atom stereocenters. The molecule has 124 valence electrons. The number of fused-ring (bicyclic) bond motifs is 2. The van der Waals surface area contributed by atoms with Gasteiger partial charge in [-0.05, 0) is 38.3 Å². The first-order valence-electron chi connectivity index (χ1n) is 8.13. The minimum atomic E-state index is -0.104. The first kappa shape index (κ1) is 15.3. The first-order chi connectivity index (χ1) is 11.7. The average Bonchev–Trinajstić information content (AvgIpc) is 3.14. The van der Waals surface area contributed by atoms with Gasteiger partial charge in [0.05, 0.1) is 34.3 Å². The van der Waals surface area contributed by atoms with Gasteiger partial charge in [-0.25, -0.2) is 9.97 Å². The van der Waals surface area contributed by atoms with Gasteiger partial charge in [0.25, 0.3) is 0 Å². The molecule has 1 unspecified atom stereocenters. The molecule has 0 fully saturated rings. The number of nitrogens with one attached hydrogen (secondary N) is 3. The summed E-state index contributed by atoms with van der Waals surface area (Å²) in [5.74, 6) is 0.380. The number of nitrogens with zero attached hydrogens (tertiary/aromatic N) is 2. The zero-order valence-corrected chi connectivity index (χ0v) is 14.2. The molecule has 7 heteroatoms. The second kappa shape index (κ2) is 6.33. The van der Waals surface area contributed by atoms with E-state index in [1.807, 2.05) is 31.2 Å². The molecule has 3 aromatic rings. The van der Waals surface area contributed by atoms with Crippen molar-refractivity contribution >= 4 is 34.2 Å². The molecule has 24 heavy (non-hydrogen) atoms. The van der Waals surface area contributed by atoms with Crippen molar-refractivity contribution in [1.29, 1.82) is 0 Å². The lowest BCUT2D eigenvalue weighted by Crippen LogP contribution is -2.33. The van der Waals surface area contributed by atoms with E-state index in [9.17, 15) is 4.79 Å². The highest BCUT2D eigenvalue weighted by molar-refractivity contribution is 7.11. The van der Waals surface area contributed by atoms with Gasteiger partial charge in [0, 0.05) is 4.88 Å². The normalized spacial score (nSPS) is 17.0. The Morgan fingerprint density at radius 2 is 2.25 bits per heavy atom. The van der Waals surface area contributed by atoms with E-state index in [1.165, 1.54) is 4.88 Å². The van der Waals surface area contributed by atoms with E-state index in [-0.39, 0.29) is 18.5 Å². The van der Waals surface area contributed by atoms with Crippen LogP contribution in [0, 0.1) is 6.92 Å². The molecule has 1 aliphatic carbocycles. The van der Waals surface area contributed by atoms with E-state index < -0.39 is 0 Å². The Morgan fingerprint density at radius 1 is 1.38 bits per heavy atom. The molecular weight excluding hydrogens is 322 g/mol. The highest BCUT2D eigenvalue weighted by atomic mass is 32.1. The third-order valence-corrected chi connectivity index (χ3v) is 5.26. The maximum absolute atomic E-state index is 12.2. The van der Waals surface area contributed by atoms with Gasteiger partial charge in [-0.3, -0.25) is 10.1 Å². The fraction of sp³-hybridized carbons (Fsp3) is 0.353. The molecule has 0 bridgehead atoms. The van der Waals surface area contributed by atoms with Gasteiger partial charge < -0.3 is 10.3 Å². The van der Waals surface area contributed by atoms with Gasteiger partial charge in [0.15, 0.2) is 0 Å². The van der Waals surface area contributed by atoms with E-state index in [0.29, 0.717) is 5.95 Å². The maximum atomic E-state index is 12.2. The van der Waals surface area contributed by atoms with Crippen LogP contribution in [0.15, 0.2) is 24.3 Å². The highest BCUT2D eigenvalue weighted by Gasteiger charge is 2.24. The van der Waals surface area contributed by atoms with E-state index >= 15 is 0 Å². The van der Waals surface area contributed by atoms with Crippen LogP contribution in [0.2, 0.25) is 0 Å². The molecule has 1 aliphatic rings. The van der Waals surface area contributed by atoms with Crippen LogP contribution in [0.25, 0.3) is 11.0 Å². The molecule has 6 nitrogen and oxygen atoms in total. The zero-order valence-electron chi connectivity index (χ0n) is 13.4. The quantitative estimate of drug-likeness (QED) is 0.681. The summed E-state index contributed by atoms with van der Waals surface area (Å²) in [5, 5.41) is 7.25. The number of aryl methyl sites for hydroxylation is 2. The van der Waals surface area contributed by atoms with Crippen molar-refractivity contribution in [2.45, 2.75) is 32.2 Å². The SMILES string of the molecule is Cc1nc2c(s1)CCCC2NCC(=O)Nc1nc2ccccc2[nH]1. The van der Waals surface area contributed by atoms with Crippen LogP contribution in [-0.2, 0) is 11.2 Å². The fourth-order valence-corrected chi connectivity index (χ4v) is 4.18. The molecule has 1 amide bonds. The number of para-hydroxylation sites is 2. The number of amides is 1. The van der Waals surface area contributed by atoms with Crippen molar-refractivity contribution in [2.24, 2.45) is 0 Å². The zero-order chi connectivity index (χ0) is 16.5. The number of hydrogen-bond acceptors (Lipinski definition) is 5. The summed E-state index contributed by atoms with van der Waals surface area (Å²) in [4.78, 5) is 25.6. The maximum Gasteiger partial charge on any atom is 0.240 e. The summed E-state index contributed by atoms with van der Waals surface area (Å²) in [5.41, 5.74) is 2.88. The third-order valence-electron chi connectivity index (χ3n) is 4.22. The number of H-pyrrole nitrogens is 1. The van der Waals surface area contributed by atoms with Gasteiger partial charge >= 0.3 is 0 Å². The molecule has 1 aromatic carbocycles. The van der Waals surface area contributed by atoms with Crippen LogP contribution < -0.4 is 10.6 Å². The van der Waals surface area contributed by atoms with E-state index in [1.54, 1.807) is 11.3 Å². The van der Waals surface area contributed by atoms with Crippen molar-refractivity contribution in [3.8, 4) is 0 Å². The Balaban J connectivity index is 1.38. The lowest BCUT2D eigenvalue weighted by atomic mass is 9.97. The lowest BCUT2D eigenvalue weighted by Gasteiger charge is -2.22. The summed E-state index contributed by atoms with van der Waals surface area (Å²) in [7, 11) is 0. The monoisotopic (exact) mass is 341 g/mol. The Bertz CT molecular complexity index is 851. The minimum absolute atomic E-state index is 0.104. The average molecular weight is 341 g/mol. The van der Waals surface area contributed by atoms with Crippen LogP contribution in [0.3, 0.4) is 0 Å². The number of benzene rings is 1.